The molecule has 0 spiro atoms. The third-order valence-electron chi connectivity index (χ3n) is 28.3. The van der Waals surface area contributed by atoms with E-state index < -0.39 is 10.8 Å². The van der Waals surface area contributed by atoms with Crippen LogP contribution in [-0.2, 0) is 10.8 Å². The van der Waals surface area contributed by atoms with Crippen LogP contribution in [0, 0.1) is 0 Å². The highest BCUT2D eigenvalue weighted by molar-refractivity contribution is 6.08. The Morgan fingerprint density at radius 1 is 0.138 bits per heavy atom. The molecule has 0 amide bonds. The molecule has 0 radical (unpaired) electrons. The van der Waals surface area contributed by atoms with Crippen molar-refractivity contribution < 1.29 is 8.83 Å². The molecule has 0 atom stereocenters. The van der Waals surface area contributed by atoms with Crippen LogP contribution in [-0.4, -0.2) is 0 Å². The molecule has 26 rings (SSSR count). The highest BCUT2D eigenvalue weighted by Gasteiger charge is 2.49. The standard InChI is InChI=1S/2C67H45NO/c1-4-17-46(18-5-1)47-33-35-48(36-34-47)50-19-14-25-56(43-50)68(57-26-15-20-51(44-57)52-39-42-65-61(45-52)59-27-11-13-32-64(59)69-65)55-40-37-49(38-41-55)58-29-16-31-63-66(58)60-28-10-12-30-62(60)67(63,53-21-6-2-7-22-53)54-23-8-3-9-24-54;1-4-16-46(17-5-1)47-30-32-48(33-31-47)49-34-39-55(40-35-49)68(57-23-14-18-51(44-57)52-38-43-65-61(45-52)59-24-11-13-29-64(59)69-65)56-41-36-50(37-42-56)58-26-15-28-63-66(58)60-25-10-12-27-62(60)67(63,53-19-6-2-7-20-53)54-21-8-3-9-22-54/h2*1-45H. The summed E-state index contributed by atoms with van der Waals surface area (Å²) >= 11 is 0. The first kappa shape index (κ1) is 82.0. The molecule has 0 N–H and O–H groups in total. The summed E-state index contributed by atoms with van der Waals surface area (Å²) in [6, 6.07) is 198. The van der Waals surface area contributed by atoms with E-state index >= 15 is 0 Å². The zero-order valence-corrected chi connectivity index (χ0v) is 75.7. The van der Waals surface area contributed by atoms with Crippen LogP contribution in [0.4, 0.5) is 34.1 Å². The van der Waals surface area contributed by atoms with E-state index in [1.54, 1.807) is 0 Å². The monoisotopic (exact) mass is 1760 g/mol. The van der Waals surface area contributed by atoms with Gasteiger partial charge in [-0.2, -0.15) is 0 Å². The Balaban J connectivity index is 0.000000146. The smallest absolute Gasteiger partial charge is 0.135 e. The van der Waals surface area contributed by atoms with Crippen molar-refractivity contribution in [2.24, 2.45) is 0 Å². The lowest BCUT2D eigenvalue weighted by Crippen LogP contribution is -2.28. The SMILES string of the molecule is c1ccc(-c2ccc(-c3ccc(N(c4ccc(-c5cccc6c5-c5ccccc5C6(c5ccccc5)c5ccccc5)cc4)c4cccc(-c5ccc6oc7ccccc7c6c5)c4)cc3)cc2)cc1.c1ccc(-c2ccc(-c3cccc(N(c4ccc(-c5cccc6c5-c5ccccc5C6(c5ccccc5)c5ccccc5)cc4)c4cccc(-c5ccc6oc7ccccc7c6c5)c4)c3)cc2)cc1. The van der Waals surface area contributed by atoms with E-state index in [0.29, 0.717) is 0 Å². The molecule has 0 unspecified atom stereocenters. The van der Waals surface area contributed by atoms with Crippen molar-refractivity contribution >= 4 is 78.0 Å². The second-order valence-corrected chi connectivity index (χ2v) is 36.0. The van der Waals surface area contributed by atoms with Gasteiger partial charge in [0.2, 0.25) is 0 Å². The number of hydrogen-bond acceptors (Lipinski definition) is 4. The molecule has 4 nitrogen and oxygen atoms in total. The quantitative estimate of drug-likeness (QED) is 0.0857. The van der Waals surface area contributed by atoms with Crippen LogP contribution in [0.5, 0.6) is 0 Å². The fourth-order valence-electron chi connectivity index (χ4n) is 22.0. The highest BCUT2D eigenvalue weighted by atomic mass is 16.3. The lowest BCUT2D eigenvalue weighted by molar-refractivity contribution is 0.668. The topological polar surface area (TPSA) is 32.8 Å². The minimum Gasteiger partial charge on any atom is -0.456 e. The second-order valence-electron chi connectivity index (χ2n) is 36.0. The highest BCUT2D eigenvalue weighted by Crippen LogP contribution is 2.61. The zero-order valence-electron chi connectivity index (χ0n) is 75.7. The molecular formula is C134H90N2O2. The fourth-order valence-corrected chi connectivity index (χ4v) is 22.0. The van der Waals surface area contributed by atoms with Crippen molar-refractivity contribution in [2.75, 3.05) is 9.80 Å². The summed E-state index contributed by atoms with van der Waals surface area (Å²) in [6.07, 6.45) is 0. The van der Waals surface area contributed by atoms with E-state index in [2.05, 4.69) is 532 Å². The van der Waals surface area contributed by atoms with Crippen molar-refractivity contribution in [3.63, 3.8) is 0 Å². The summed E-state index contributed by atoms with van der Waals surface area (Å²) in [5, 5.41) is 4.49. The third-order valence-corrected chi connectivity index (χ3v) is 28.3. The molecule has 0 fully saturated rings. The van der Waals surface area contributed by atoms with Gasteiger partial charge in [0.1, 0.15) is 22.3 Å². The molecule has 648 valence electrons. The molecule has 2 aliphatic rings. The van der Waals surface area contributed by atoms with Crippen LogP contribution in [0.25, 0.3) is 155 Å². The molecule has 2 aromatic heterocycles. The van der Waals surface area contributed by atoms with E-state index in [9.17, 15) is 0 Å². The maximum Gasteiger partial charge on any atom is 0.135 e. The van der Waals surface area contributed by atoms with Crippen LogP contribution < -0.4 is 9.80 Å². The largest absolute Gasteiger partial charge is 0.456 e. The van der Waals surface area contributed by atoms with Crippen molar-refractivity contribution in [3.8, 4) is 111 Å². The van der Waals surface area contributed by atoms with Gasteiger partial charge in [-0.15, -0.1) is 0 Å². The number of para-hydroxylation sites is 2. The molecule has 0 bridgehead atoms. The van der Waals surface area contributed by atoms with Gasteiger partial charge >= 0.3 is 0 Å². The van der Waals surface area contributed by atoms with Gasteiger partial charge in [-0.05, 0) is 265 Å². The first-order valence-corrected chi connectivity index (χ1v) is 47.5. The number of rotatable bonds is 18. The van der Waals surface area contributed by atoms with Gasteiger partial charge in [0.05, 0.1) is 10.8 Å². The zero-order chi connectivity index (χ0) is 91.5. The minimum atomic E-state index is -0.464. The predicted molar refractivity (Wildman–Crippen MR) is 575 cm³/mol. The van der Waals surface area contributed by atoms with Gasteiger partial charge in [-0.25, -0.2) is 0 Å². The van der Waals surface area contributed by atoms with E-state index in [1.165, 1.54) is 128 Å². The number of anilines is 6. The van der Waals surface area contributed by atoms with E-state index in [1.807, 2.05) is 24.3 Å². The average Bonchev–Trinajstić information content (AvgIpc) is 1.53. The lowest BCUT2D eigenvalue weighted by atomic mass is 9.67. The molecule has 2 aliphatic carbocycles. The Kier molecular flexibility index (Phi) is 20.7. The van der Waals surface area contributed by atoms with Gasteiger partial charge in [0.15, 0.2) is 0 Å². The van der Waals surface area contributed by atoms with Crippen molar-refractivity contribution in [2.45, 2.75) is 10.8 Å². The Morgan fingerprint density at radius 2 is 0.370 bits per heavy atom. The lowest BCUT2D eigenvalue weighted by Gasteiger charge is -2.34. The Morgan fingerprint density at radius 3 is 0.732 bits per heavy atom. The summed E-state index contributed by atoms with van der Waals surface area (Å²) in [7, 11) is 0. The van der Waals surface area contributed by atoms with Gasteiger partial charge in [-0.3, -0.25) is 0 Å². The first-order chi connectivity index (χ1) is 68.4. The second kappa shape index (κ2) is 34.9. The van der Waals surface area contributed by atoms with E-state index in [-0.39, 0.29) is 0 Å². The van der Waals surface area contributed by atoms with E-state index in [4.69, 9.17) is 8.83 Å². The van der Waals surface area contributed by atoms with Gasteiger partial charge in [-0.1, -0.05) is 437 Å². The van der Waals surface area contributed by atoms with Crippen LogP contribution in [0.2, 0.25) is 0 Å². The molecular weight excluding hydrogens is 1670 g/mol. The van der Waals surface area contributed by atoms with Gasteiger partial charge in [0, 0.05) is 55.7 Å². The minimum absolute atomic E-state index is 0.461. The normalized spacial score (nSPS) is 12.5. The maximum atomic E-state index is 6.22. The first-order valence-electron chi connectivity index (χ1n) is 47.5. The van der Waals surface area contributed by atoms with Crippen molar-refractivity contribution in [1.82, 2.24) is 0 Å². The number of hydrogen-bond donors (Lipinski definition) is 0. The van der Waals surface area contributed by atoms with E-state index in [0.717, 1.165) is 106 Å². The third kappa shape index (κ3) is 14.3. The van der Waals surface area contributed by atoms with Gasteiger partial charge < -0.3 is 18.6 Å². The van der Waals surface area contributed by atoms with Crippen LogP contribution in [0.1, 0.15) is 44.5 Å². The average molecular weight is 1760 g/mol. The van der Waals surface area contributed by atoms with Crippen LogP contribution >= 0.6 is 0 Å². The molecule has 24 aromatic rings. The molecule has 22 aromatic carbocycles. The molecule has 0 saturated heterocycles. The van der Waals surface area contributed by atoms with Crippen LogP contribution in [0.3, 0.4) is 0 Å². The number of fused-ring (bicyclic) bond motifs is 12. The molecule has 4 heteroatoms. The summed E-state index contributed by atoms with van der Waals surface area (Å²) in [6.45, 7) is 0. The van der Waals surface area contributed by atoms with Crippen molar-refractivity contribution in [3.05, 3.63) is 590 Å². The molecule has 0 saturated carbocycles. The summed E-state index contributed by atoms with van der Waals surface area (Å²) in [5.74, 6) is 0. The summed E-state index contributed by atoms with van der Waals surface area (Å²) in [4.78, 5) is 4.77. The Labute approximate surface area is 803 Å². The number of furan rings is 2. The van der Waals surface area contributed by atoms with Crippen LogP contribution in [0.15, 0.2) is 555 Å². The number of nitrogens with zero attached hydrogens (tertiary/aromatic N) is 2. The maximum absolute atomic E-state index is 6.22. The van der Waals surface area contributed by atoms with Gasteiger partial charge in [0.25, 0.3) is 0 Å². The Hall–Kier alpha value is -18.0. The summed E-state index contributed by atoms with van der Waals surface area (Å²) < 4.78 is 12.4. The molecule has 138 heavy (non-hydrogen) atoms. The molecule has 0 aliphatic heterocycles. The number of benzene rings is 22. The Bertz CT molecular complexity index is 8550. The predicted octanol–water partition coefficient (Wildman–Crippen LogP) is 36.2. The summed E-state index contributed by atoms with van der Waals surface area (Å²) in [5.41, 5.74) is 43.3. The fraction of sp³-hybridized carbons (Fsp3) is 0.0149. The molecule has 2 heterocycles. The van der Waals surface area contributed by atoms with Crippen molar-refractivity contribution in [1.29, 1.82) is 0 Å².